The van der Waals surface area contributed by atoms with Gasteiger partial charge in [-0.05, 0) is 105 Å². The van der Waals surface area contributed by atoms with Gasteiger partial charge in [0, 0.05) is 122 Å². The number of hydrogen-bond acceptors (Lipinski definition) is 40. The summed E-state index contributed by atoms with van der Waals surface area (Å²) < 4.78 is 58.5. The molecule has 24 N–H and O–H groups in total. The minimum atomic E-state index is -1.44. The number of nitrogens with two attached hydrogens (primary N) is 5. The molecule has 0 saturated carbocycles. The molecule has 6 aliphatic rings. The van der Waals surface area contributed by atoms with Gasteiger partial charge in [0.25, 0.3) is 0 Å². The maximum Gasteiger partial charge on any atom is 0.176 e. The molecule has 0 aromatic carbocycles. The molecule has 40 nitrogen and oxygen atoms in total. The molecule has 6 fully saturated rings. The van der Waals surface area contributed by atoms with Gasteiger partial charge in [-0.2, -0.15) is 0 Å². The van der Waals surface area contributed by atoms with Crippen molar-refractivity contribution in [3.8, 4) is 0 Å². The number of aliphatic hydroxyl groups is 13. The van der Waals surface area contributed by atoms with Crippen LogP contribution in [-0.2, 0) is 91.4 Å². The summed E-state index contributed by atoms with van der Waals surface area (Å²) in [4.78, 5) is 47.1. The molecule has 0 bridgehead atoms. The topological polar surface area (TPSA) is 605 Å². The number of aliphatic hydroxyl groups excluding tert-OH is 13. The molecule has 6 unspecified atom stereocenters. The zero-order valence-electron chi connectivity index (χ0n) is 68.6. The average molecular weight is 1740 g/mol. The Labute approximate surface area is 716 Å². The molecule has 686 valence electrons. The first-order valence-electron chi connectivity index (χ1n) is 41.2. The number of pyridine rings is 6. The Morgan fingerprint density at radius 2 is 0.659 bits per heavy atom. The Kier molecular flexibility index (Phi) is 44.4. The van der Waals surface area contributed by atoms with Crippen LogP contribution in [0.2, 0.25) is 0 Å². The number of aromatic nitrogens is 6. The number of aldehydes is 1. The highest BCUT2D eigenvalue weighted by atomic mass is 16.7. The van der Waals surface area contributed by atoms with Gasteiger partial charge in [-0.15, -0.1) is 0 Å². The van der Waals surface area contributed by atoms with E-state index in [2.05, 4.69) is 54.8 Å². The Hall–Kier alpha value is -6.75. The summed E-state index contributed by atoms with van der Waals surface area (Å²) in [6.45, 7) is 7.25. The van der Waals surface area contributed by atoms with E-state index >= 15 is 0 Å². The van der Waals surface area contributed by atoms with Crippen LogP contribution in [0.15, 0.2) is 146 Å². The fourth-order valence-corrected chi connectivity index (χ4v) is 14.7. The van der Waals surface area contributed by atoms with Crippen molar-refractivity contribution < 1.29 is 119 Å². The first-order valence-corrected chi connectivity index (χ1v) is 41.2. The van der Waals surface area contributed by atoms with Crippen LogP contribution < -0.4 is 34.0 Å². The minimum absolute atomic E-state index is 0. The third-order valence-corrected chi connectivity index (χ3v) is 21.4. The predicted molar refractivity (Wildman–Crippen MR) is 442 cm³/mol. The summed E-state index contributed by atoms with van der Waals surface area (Å²) in [6, 6.07) is 30.2. The molecular weight excluding hydrogens is 1610 g/mol. The predicted octanol–water partition coefficient (Wildman–Crippen LogP) is -5.00. The van der Waals surface area contributed by atoms with E-state index in [4.69, 9.17) is 81.1 Å². The van der Waals surface area contributed by atoms with Crippen molar-refractivity contribution in [1.82, 2.24) is 54.8 Å². The monoisotopic (exact) mass is 1730 g/mol. The zero-order valence-corrected chi connectivity index (χ0v) is 68.6. The normalized spacial score (nSPS) is 31.5. The summed E-state index contributed by atoms with van der Waals surface area (Å²) in [5.41, 5.74) is 36.0. The molecule has 0 amide bonds. The van der Waals surface area contributed by atoms with Crippen molar-refractivity contribution in [2.45, 2.75) is 239 Å². The first kappa shape index (κ1) is 102. The van der Waals surface area contributed by atoms with Gasteiger partial charge in [0.15, 0.2) is 37.7 Å². The highest BCUT2D eigenvalue weighted by Gasteiger charge is 2.51. The Bertz CT molecular complexity index is 3690. The number of carbonyl (C=O) groups excluding carboxylic acids is 1. The lowest BCUT2D eigenvalue weighted by atomic mass is 9.96. The van der Waals surface area contributed by atoms with E-state index in [1.54, 1.807) is 31.7 Å². The lowest BCUT2D eigenvalue weighted by molar-refractivity contribution is -0.326. The van der Waals surface area contributed by atoms with Crippen LogP contribution in [0.1, 0.15) is 74.2 Å². The van der Waals surface area contributed by atoms with Crippen molar-refractivity contribution in [1.29, 1.82) is 0 Å². The van der Waals surface area contributed by atoms with Gasteiger partial charge in [-0.3, -0.25) is 49.5 Å². The molecule has 0 radical (unpaired) electrons. The van der Waals surface area contributed by atoms with E-state index in [9.17, 15) is 66.1 Å². The van der Waals surface area contributed by atoms with Gasteiger partial charge in [-0.1, -0.05) is 43.8 Å². The molecule has 6 aliphatic heterocycles. The van der Waals surface area contributed by atoms with E-state index in [0.717, 1.165) is 66.6 Å². The lowest BCUT2D eigenvalue weighted by Crippen LogP contribution is -2.65. The largest absolute Gasteiger partial charge is 0.397 e. The van der Waals surface area contributed by atoms with Gasteiger partial charge in [0.2, 0.25) is 0 Å². The van der Waals surface area contributed by atoms with Gasteiger partial charge in [0.1, 0.15) is 67.3 Å². The summed E-state index contributed by atoms with van der Waals surface area (Å²) in [7, 11) is 0. The molecule has 6 saturated heterocycles. The summed E-state index contributed by atoms with van der Waals surface area (Å²) in [6.07, 6.45) is -9.07. The molecule has 40 heteroatoms. The number of hydrogen-bond donors (Lipinski definition) is 19. The summed E-state index contributed by atoms with van der Waals surface area (Å²) >= 11 is 0. The van der Waals surface area contributed by atoms with Crippen LogP contribution in [-0.4, -0.2) is 374 Å². The second-order valence-corrected chi connectivity index (χ2v) is 30.5. The average Bonchev–Trinajstić information content (AvgIpc) is 0.804. The molecule has 0 spiro atoms. The fourth-order valence-electron chi connectivity index (χ4n) is 14.7. The molecular formula is C83H130N16O24. The summed E-state index contributed by atoms with van der Waals surface area (Å²) in [5.74, 6) is 0. The van der Waals surface area contributed by atoms with Gasteiger partial charge < -0.3 is 153 Å². The third kappa shape index (κ3) is 31.6. The first-order chi connectivity index (χ1) is 59.1. The maximum absolute atomic E-state index is 11.1. The molecule has 12 rings (SSSR count). The van der Waals surface area contributed by atoms with Crippen molar-refractivity contribution >= 4 is 6.29 Å². The van der Waals surface area contributed by atoms with Crippen LogP contribution in [0.4, 0.5) is 0 Å². The van der Waals surface area contributed by atoms with E-state index in [-0.39, 0.29) is 39.7 Å². The lowest BCUT2D eigenvalue weighted by Gasteiger charge is -2.47. The molecule has 123 heavy (non-hydrogen) atoms. The van der Waals surface area contributed by atoms with Crippen LogP contribution in [0.25, 0.3) is 0 Å². The van der Waals surface area contributed by atoms with Crippen molar-refractivity contribution in [3.63, 3.8) is 0 Å². The van der Waals surface area contributed by atoms with Crippen LogP contribution in [0, 0.1) is 0 Å². The molecule has 6 aromatic rings. The second-order valence-electron chi connectivity index (χ2n) is 30.5. The Balaban J connectivity index is 0.000000246. The molecule has 12 heterocycles. The highest BCUT2D eigenvalue weighted by molar-refractivity contribution is 5.52. The Morgan fingerprint density at radius 3 is 1.00 bits per heavy atom. The molecule has 6 aromatic heterocycles. The van der Waals surface area contributed by atoms with Gasteiger partial charge >= 0.3 is 0 Å². The minimum Gasteiger partial charge on any atom is -0.397 e. The van der Waals surface area contributed by atoms with Crippen molar-refractivity contribution in [2.75, 3.05) is 92.1 Å². The highest BCUT2D eigenvalue weighted by Crippen LogP contribution is 2.34. The van der Waals surface area contributed by atoms with E-state index in [0.29, 0.717) is 58.9 Å². The number of nitrogens with zero attached hydrogens (tertiary/aromatic N) is 10. The third-order valence-electron chi connectivity index (χ3n) is 21.4. The number of ether oxygens (including phenoxy) is 10. The molecule has 26 atom stereocenters. The SMILES string of the molecule is C.CCO.NC1C[C@H](O[C@@H]2OC(CO)[C@@H](O)[C@H](O)C2N)C(CO)O[C@H]1O[C@H]1CC(N)[C@H](O)OC1CO.N[C@H]1[C@H](O[C@H]2C[C@@H](NCCN(CCN(Cc3ccccn3)Cc3ccccn3)Cc3ccccn3)[C@H](O[C@H]3C[C@@H](N)[C@H](O)O[C@@H]3CO)O[C@@H]2CO)O[C@H](CO)[C@@H](O)[C@@H]1O.O=CCN(CCN(Cc1ccccn1)Cc1ccccn1)Cc1ccccn1. The van der Waals surface area contributed by atoms with Gasteiger partial charge in [0.05, 0.1) is 141 Å². The van der Waals surface area contributed by atoms with Crippen LogP contribution in [0.5, 0.6) is 0 Å². The van der Waals surface area contributed by atoms with E-state index in [1.807, 2.05) is 122 Å². The quantitative estimate of drug-likeness (QED) is 0.0161. The molecule has 0 aliphatic carbocycles. The van der Waals surface area contributed by atoms with E-state index in [1.165, 1.54) is 0 Å². The Morgan fingerprint density at radius 1 is 0.374 bits per heavy atom. The maximum atomic E-state index is 11.1. The number of rotatable bonds is 38. The van der Waals surface area contributed by atoms with Crippen molar-refractivity contribution in [3.05, 3.63) is 181 Å². The fraction of sp³-hybridized carbons (Fsp3) is 0.627. The van der Waals surface area contributed by atoms with Crippen LogP contribution in [0.3, 0.4) is 0 Å². The van der Waals surface area contributed by atoms with Crippen molar-refractivity contribution in [2.24, 2.45) is 28.7 Å². The van der Waals surface area contributed by atoms with Crippen LogP contribution >= 0.6 is 0 Å². The van der Waals surface area contributed by atoms with Gasteiger partial charge in [-0.25, -0.2) is 0 Å². The zero-order chi connectivity index (χ0) is 87.5. The number of carbonyl (C=O) groups is 1. The standard InChI is InChI=1S/C40H60N8O11.C22H25N5O.C18H35N3O11.C2H6O.CH4/c41-28-17-30(32(22-49)55-38(28)54)56-39-29(18-31(33(23-50)58-39)57-40-35(42)37(53)36(52)34(24-51)59-40)46-13-14-47(19-25-7-1-4-10-43-25)15-16-48(20-26-8-2-5-11-44-26)21-27-9-3-6-12-45-27;28-16-15-26(17-20-7-1-4-10-23-20)13-14-27(18-21-8-2-5-11-24-21)19-22-9-3-6-12-25-22;19-6-1-8(10(3-22)28-16(6)27)29-17-7(20)2-9(11(4-23)31-17)30-18-13(21)15(26)14(25)12(5-24)32-18;1-2-3;/h1-12,28-40,46,49-54H,13-24,41-42H2;1-12,16H,13-15,17-19H2;6-18,22-27H,1-5,19-21H2;3H,2H2,1H3;1H4/t28-,29-,30+,31+,32-,33-,34-,35-,36-,37-,38-,39-,40-;;6?,7?,8-,9-,10?,11?,12?,13?,14+,15+,16+,17+,18+;;/m1.0../s1. The van der Waals surface area contributed by atoms with E-state index < -0.39 is 199 Å². The summed E-state index contributed by atoms with van der Waals surface area (Å²) in [5, 5.41) is 131. The number of nitrogens with one attached hydrogen (secondary N) is 1. The second kappa shape index (κ2) is 53.8. The smallest absolute Gasteiger partial charge is 0.176 e.